The molecule has 3 rings (SSSR count). The van der Waals surface area contributed by atoms with Crippen molar-refractivity contribution >= 4 is 50.2 Å². The molecule has 1 aliphatic rings. The summed E-state index contributed by atoms with van der Waals surface area (Å²) in [5, 5.41) is 9.23. The molecule has 1 saturated heterocycles. The van der Waals surface area contributed by atoms with Crippen LogP contribution in [0.2, 0.25) is 0 Å². The monoisotopic (exact) mass is 433 g/mol. The van der Waals surface area contributed by atoms with Crippen molar-refractivity contribution in [1.29, 1.82) is 0 Å². The zero-order valence-corrected chi connectivity index (χ0v) is 14.4. The number of alkyl halides is 3. The number of nitrogen functional groups attached to an aromatic ring is 1. The number of halogens is 4. The first kappa shape index (κ1) is 18.2. The van der Waals surface area contributed by atoms with Gasteiger partial charge in [-0.1, -0.05) is 0 Å². The molecule has 1 aliphatic heterocycles. The number of amides is 1. The first-order valence-corrected chi connectivity index (χ1v) is 7.97. The van der Waals surface area contributed by atoms with Gasteiger partial charge < -0.3 is 21.5 Å². The van der Waals surface area contributed by atoms with Crippen molar-refractivity contribution in [1.82, 2.24) is 9.97 Å². The highest BCUT2D eigenvalue weighted by Gasteiger charge is 2.42. The molecule has 0 aromatic carbocycles. The van der Waals surface area contributed by atoms with Crippen LogP contribution in [-0.4, -0.2) is 39.5 Å². The topological polar surface area (TPSA) is 135 Å². The van der Waals surface area contributed by atoms with E-state index in [1.165, 1.54) is 4.90 Å². The zero-order valence-electron chi connectivity index (χ0n) is 12.8. The van der Waals surface area contributed by atoms with Gasteiger partial charge in [0.2, 0.25) is 0 Å². The lowest BCUT2D eigenvalue weighted by atomic mass is 10.0. The van der Waals surface area contributed by atoms with E-state index < -0.39 is 34.3 Å². The molecule has 1 atom stereocenters. The summed E-state index contributed by atoms with van der Waals surface area (Å²) in [6.45, 7) is 0.198. The molecule has 0 spiro atoms. The van der Waals surface area contributed by atoms with Crippen LogP contribution in [0.3, 0.4) is 0 Å². The van der Waals surface area contributed by atoms with Crippen LogP contribution >= 0.6 is 15.9 Å². The van der Waals surface area contributed by atoms with Crippen LogP contribution in [-0.2, 0) is 11.0 Å². The summed E-state index contributed by atoms with van der Waals surface area (Å²) in [7, 11) is 0. The molecule has 2 aromatic heterocycles. The third-order valence-electron chi connectivity index (χ3n) is 4.00. The molecular weight excluding hydrogens is 423 g/mol. The summed E-state index contributed by atoms with van der Waals surface area (Å²) in [4.78, 5) is 31.5. The highest BCUT2D eigenvalue weighted by atomic mass is 79.9. The molecule has 0 saturated carbocycles. The van der Waals surface area contributed by atoms with Crippen LogP contribution in [0.4, 0.5) is 24.5 Å². The van der Waals surface area contributed by atoms with Crippen LogP contribution in [0, 0.1) is 0 Å². The van der Waals surface area contributed by atoms with Gasteiger partial charge in [-0.25, -0.2) is 14.8 Å². The third-order valence-corrected chi connectivity index (χ3v) is 4.75. The van der Waals surface area contributed by atoms with Crippen LogP contribution < -0.4 is 16.4 Å². The van der Waals surface area contributed by atoms with Crippen LogP contribution in [0.1, 0.15) is 22.6 Å². The number of rotatable bonds is 3. The minimum absolute atomic E-state index is 0.0983. The summed E-state index contributed by atoms with van der Waals surface area (Å²) >= 11 is 2.87. The predicted molar refractivity (Wildman–Crippen MR) is 88.6 cm³/mol. The predicted octanol–water partition coefficient (Wildman–Crippen LogP) is 1.76. The van der Waals surface area contributed by atoms with Crippen molar-refractivity contribution in [3.8, 4) is 0 Å². The van der Waals surface area contributed by atoms with Gasteiger partial charge >= 0.3 is 12.1 Å². The number of nitrogens with zero attached hydrogens (tertiary/aromatic N) is 3. The number of anilines is 2. The number of carbonyl (C=O) groups is 2. The maximum Gasteiger partial charge on any atom is 0.434 e. The van der Waals surface area contributed by atoms with Crippen molar-refractivity contribution < 1.29 is 27.9 Å². The van der Waals surface area contributed by atoms with E-state index in [4.69, 9.17) is 11.5 Å². The summed E-state index contributed by atoms with van der Waals surface area (Å²) in [5.41, 5.74) is 8.57. The Hall–Kier alpha value is -2.63. The third kappa shape index (κ3) is 2.79. The lowest BCUT2D eigenvalue weighted by Crippen LogP contribution is -2.53. The molecule has 8 nitrogen and oxygen atoms in total. The fourth-order valence-electron chi connectivity index (χ4n) is 2.72. The van der Waals surface area contributed by atoms with Gasteiger partial charge in [-0.2, -0.15) is 13.2 Å². The molecule has 138 valence electrons. The number of primary amides is 1. The lowest BCUT2D eigenvalue weighted by Gasteiger charge is -2.41. The van der Waals surface area contributed by atoms with Crippen molar-refractivity contribution in [2.75, 3.05) is 17.2 Å². The largest absolute Gasteiger partial charge is 0.480 e. The summed E-state index contributed by atoms with van der Waals surface area (Å²) in [6.07, 6.45) is -4.55. The molecule has 5 N–H and O–H groups in total. The van der Waals surface area contributed by atoms with Crippen molar-refractivity contribution in [2.45, 2.75) is 18.6 Å². The van der Waals surface area contributed by atoms with Gasteiger partial charge in [-0.3, -0.25) is 4.79 Å². The highest BCUT2D eigenvalue weighted by Crippen LogP contribution is 2.44. The molecule has 0 bridgehead atoms. The second-order valence-corrected chi connectivity index (χ2v) is 6.41. The number of carboxylic acids is 1. The number of aliphatic carboxylic acids is 1. The molecule has 0 aliphatic carbocycles. The van der Waals surface area contributed by atoms with Crippen molar-refractivity contribution in [3.63, 3.8) is 0 Å². The zero-order chi connectivity index (χ0) is 19.4. The number of fused-ring (bicyclic) bond motifs is 1. The smallest absolute Gasteiger partial charge is 0.434 e. The number of hydrogen-bond acceptors (Lipinski definition) is 6. The Bertz CT molecular complexity index is 950. The minimum atomic E-state index is -4.80. The fourth-order valence-corrected chi connectivity index (χ4v) is 3.45. The summed E-state index contributed by atoms with van der Waals surface area (Å²) in [6, 6.07) is 0.0396. The Labute approximate surface area is 152 Å². The maximum atomic E-state index is 13.4. The van der Waals surface area contributed by atoms with Crippen LogP contribution in [0.5, 0.6) is 0 Å². The molecule has 3 heterocycles. The number of hydrogen-bond donors (Lipinski definition) is 3. The molecule has 0 radical (unpaired) electrons. The van der Waals surface area contributed by atoms with Crippen molar-refractivity contribution in [2.24, 2.45) is 5.73 Å². The highest BCUT2D eigenvalue weighted by molar-refractivity contribution is 9.10. The Kier molecular flexibility index (Phi) is 4.17. The van der Waals surface area contributed by atoms with Gasteiger partial charge in [-0.15, -0.1) is 0 Å². The van der Waals surface area contributed by atoms with E-state index >= 15 is 0 Å². The standard InChI is InChI=1S/C14H11BrF3N5O3/c15-7-10(23-2-1-6(23)13(25)26)9-5(21-11(7)14(16,17)18)3-4(19)8(22-9)12(20)24/h3,6H,1-2,19H2,(H2,20,24)(H,25,26). The van der Waals surface area contributed by atoms with E-state index in [2.05, 4.69) is 25.9 Å². The maximum absolute atomic E-state index is 13.4. The van der Waals surface area contributed by atoms with Gasteiger partial charge in [0.15, 0.2) is 11.4 Å². The Morgan fingerprint density at radius 2 is 2.00 bits per heavy atom. The molecule has 1 fully saturated rings. The van der Waals surface area contributed by atoms with Gasteiger partial charge in [0, 0.05) is 6.54 Å². The molecule has 1 unspecified atom stereocenters. The average Bonchev–Trinajstić information content (AvgIpc) is 2.46. The minimum Gasteiger partial charge on any atom is -0.480 e. The quantitative estimate of drug-likeness (QED) is 0.670. The van der Waals surface area contributed by atoms with Crippen LogP contribution in [0.25, 0.3) is 11.0 Å². The Morgan fingerprint density at radius 3 is 2.46 bits per heavy atom. The Morgan fingerprint density at radius 1 is 1.35 bits per heavy atom. The van der Waals surface area contributed by atoms with E-state index in [1.54, 1.807) is 0 Å². The normalized spacial score (nSPS) is 17.2. The fraction of sp³-hybridized carbons (Fsp3) is 0.286. The summed E-state index contributed by atoms with van der Waals surface area (Å²) in [5.74, 6) is -2.16. The van der Waals surface area contributed by atoms with E-state index in [9.17, 15) is 27.9 Å². The van der Waals surface area contributed by atoms with Gasteiger partial charge in [0.05, 0.1) is 21.4 Å². The number of aromatic nitrogens is 2. The van der Waals surface area contributed by atoms with E-state index in [0.717, 1.165) is 6.07 Å². The summed E-state index contributed by atoms with van der Waals surface area (Å²) < 4.78 is 39.6. The second-order valence-electron chi connectivity index (χ2n) is 5.62. The number of nitrogens with two attached hydrogens (primary N) is 2. The SMILES string of the molecule is NC(=O)c1nc2c(N3CCC3C(=O)O)c(Br)c(C(F)(F)F)nc2cc1N. The molecule has 2 aromatic rings. The average molecular weight is 434 g/mol. The van der Waals surface area contributed by atoms with Gasteiger partial charge in [-0.05, 0) is 28.4 Å². The number of pyridine rings is 2. The Balaban J connectivity index is 2.37. The number of carboxylic acid groups (broad SMARTS) is 1. The molecule has 26 heavy (non-hydrogen) atoms. The second kappa shape index (κ2) is 5.97. The van der Waals surface area contributed by atoms with Gasteiger partial charge in [0.1, 0.15) is 11.6 Å². The van der Waals surface area contributed by atoms with Crippen LogP contribution in [0.15, 0.2) is 10.5 Å². The number of carbonyl (C=O) groups excluding carboxylic acids is 1. The van der Waals surface area contributed by atoms with E-state index in [1.807, 2.05) is 0 Å². The van der Waals surface area contributed by atoms with E-state index in [-0.39, 0.29) is 41.1 Å². The van der Waals surface area contributed by atoms with E-state index in [0.29, 0.717) is 0 Å². The lowest BCUT2D eigenvalue weighted by molar-refractivity contribution is -0.141. The van der Waals surface area contributed by atoms with Gasteiger partial charge in [0.25, 0.3) is 5.91 Å². The van der Waals surface area contributed by atoms with Crippen molar-refractivity contribution in [3.05, 3.63) is 21.9 Å². The molecule has 1 amide bonds. The molecule has 12 heteroatoms. The molecular formula is C14H11BrF3N5O3. The first-order chi connectivity index (χ1) is 12.0. The first-order valence-electron chi connectivity index (χ1n) is 7.18.